The molecule has 0 bridgehead atoms. The first-order chi connectivity index (χ1) is 9.29. The second-order valence-corrected chi connectivity index (χ2v) is 5.48. The number of nitrogens with one attached hydrogen (secondary N) is 1. The number of halogens is 1. The van der Waals surface area contributed by atoms with E-state index in [1.165, 1.54) is 0 Å². The van der Waals surface area contributed by atoms with Crippen molar-refractivity contribution in [2.75, 3.05) is 33.3 Å². The number of hydrogen-bond acceptors (Lipinski definition) is 3. The van der Waals surface area contributed by atoms with Gasteiger partial charge in [0.25, 0.3) is 5.91 Å². The van der Waals surface area contributed by atoms with Gasteiger partial charge in [0.1, 0.15) is 0 Å². The van der Waals surface area contributed by atoms with E-state index in [4.69, 9.17) is 4.74 Å². The summed E-state index contributed by atoms with van der Waals surface area (Å²) in [6, 6.07) is 7.75. The first kappa shape index (κ1) is 15.3. The zero-order chi connectivity index (χ0) is 13.2. The minimum Gasteiger partial charge on any atom is -0.380 e. The molecular weight excluding hydrogens is 276 g/mol. The number of carbonyl (C=O) groups excluding carboxylic acids is 1. The van der Waals surface area contributed by atoms with Crippen LogP contribution in [0.15, 0.2) is 24.3 Å². The average molecular weight is 297 g/mol. The van der Waals surface area contributed by atoms with Crippen LogP contribution in [0.3, 0.4) is 0 Å². The molecule has 2 atom stereocenters. The molecule has 0 aromatic heterocycles. The molecule has 20 heavy (non-hydrogen) atoms. The normalized spacial score (nSPS) is 24.4. The number of rotatable bonds is 3. The molecule has 0 spiro atoms. The van der Waals surface area contributed by atoms with Crippen LogP contribution in [-0.4, -0.2) is 44.1 Å². The molecule has 0 aliphatic carbocycles. The van der Waals surface area contributed by atoms with Gasteiger partial charge in [-0.15, -0.1) is 12.4 Å². The molecule has 1 N–H and O–H groups in total. The summed E-state index contributed by atoms with van der Waals surface area (Å²) >= 11 is 0. The number of carbonyl (C=O) groups is 1. The topological polar surface area (TPSA) is 41.6 Å². The van der Waals surface area contributed by atoms with E-state index in [1.54, 1.807) is 7.11 Å². The highest BCUT2D eigenvalue weighted by atomic mass is 35.5. The number of fused-ring (bicyclic) bond motifs is 1. The number of methoxy groups -OCH3 is 1. The van der Waals surface area contributed by atoms with E-state index in [1.807, 2.05) is 29.2 Å². The summed E-state index contributed by atoms with van der Waals surface area (Å²) in [4.78, 5) is 14.6. The number of hydrogen-bond donors (Lipinski definition) is 1. The van der Waals surface area contributed by atoms with Gasteiger partial charge in [-0.25, -0.2) is 0 Å². The fourth-order valence-electron chi connectivity index (χ4n) is 3.20. The van der Waals surface area contributed by atoms with Gasteiger partial charge in [0.05, 0.1) is 6.61 Å². The molecule has 2 fully saturated rings. The van der Waals surface area contributed by atoms with Gasteiger partial charge in [0, 0.05) is 38.9 Å². The third-order valence-electron chi connectivity index (χ3n) is 4.22. The van der Waals surface area contributed by atoms with Crippen molar-refractivity contribution in [3.8, 4) is 0 Å². The van der Waals surface area contributed by atoms with Crippen LogP contribution >= 0.6 is 12.4 Å². The van der Waals surface area contributed by atoms with Crippen LogP contribution in [0.4, 0.5) is 0 Å². The second-order valence-electron chi connectivity index (χ2n) is 5.48. The van der Waals surface area contributed by atoms with E-state index in [0.29, 0.717) is 18.4 Å². The Hall–Kier alpha value is -1.10. The molecule has 4 nitrogen and oxygen atoms in total. The van der Waals surface area contributed by atoms with Gasteiger partial charge in [0.15, 0.2) is 0 Å². The SMILES string of the molecule is COCc1ccccc1C(=O)N1C[C@H]2CNC[C@H]2C1.Cl. The first-order valence-corrected chi connectivity index (χ1v) is 6.86. The molecule has 3 rings (SSSR count). The molecule has 1 aromatic rings. The summed E-state index contributed by atoms with van der Waals surface area (Å²) in [7, 11) is 1.66. The van der Waals surface area contributed by atoms with Crippen molar-refractivity contribution in [1.82, 2.24) is 10.2 Å². The Balaban J connectivity index is 0.00000147. The van der Waals surface area contributed by atoms with Crippen molar-refractivity contribution in [1.29, 1.82) is 0 Å². The summed E-state index contributed by atoms with van der Waals surface area (Å²) < 4.78 is 5.18. The summed E-state index contributed by atoms with van der Waals surface area (Å²) in [5.74, 6) is 1.43. The van der Waals surface area contributed by atoms with Gasteiger partial charge in [-0.05, 0) is 23.5 Å². The van der Waals surface area contributed by atoms with Crippen molar-refractivity contribution < 1.29 is 9.53 Å². The Morgan fingerprint density at radius 1 is 1.30 bits per heavy atom. The molecule has 5 heteroatoms. The zero-order valence-electron chi connectivity index (χ0n) is 11.7. The molecule has 0 unspecified atom stereocenters. The zero-order valence-corrected chi connectivity index (χ0v) is 12.5. The highest BCUT2D eigenvalue weighted by Gasteiger charge is 2.38. The van der Waals surface area contributed by atoms with Crippen molar-refractivity contribution in [3.63, 3.8) is 0 Å². The van der Waals surface area contributed by atoms with E-state index in [0.717, 1.165) is 37.3 Å². The average Bonchev–Trinajstić information content (AvgIpc) is 2.99. The molecule has 1 amide bonds. The van der Waals surface area contributed by atoms with E-state index < -0.39 is 0 Å². The monoisotopic (exact) mass is 296 g/mol. The van der Waals surface area contributed by atoms with Crippen LogP contribution in [0.2, 0.25) is 0 Å². The van der Waals surface area contributed by atoms with Crippen LogP contribution in [-0.2, 0) is 11.3 Å². The predicted molar refractivity (Wildman–Crippen MR) is 80.2 cm³/mol. The van der Waals surface area contributed by atoms with Gasteiger partial charge < -0.3 is 15.0 Å². The first-order valence-electron chi connectivity index (χ1n) is 6.86. The van der Waals surface area contributed by atoms with E-state index in [-0.39, 0.29) is 18.3 Å². The lowest BCUT2D eigenvalue weighted by Gasteiger charge is -2.19. The van der Waals surface area contributed by atoms with Gasteiger partial charge in [0.2, 0.25) is 0 Å². The number of amides is 1. The molecule has 0 saturated carbocycles. The highest BCUT2D eigenvalue weighted by molar-refractivity contribution is 5.95. The Bertz CT molecular complexity index is 469. The lowest BCUT2D eigenvalue weighted by atomic mass is 10.0. The van der Waals surface area contributed by atoms with Gasteiger partial charge in [-0.3, -0.25) is 4.79 Å². The minimum absolute atomic E-state index is 0. The van der Waals surface area contributed by atoms with E-state index >= 15 is 0 Å². The number of likely N-dealkylation sites (tertiary alicyclic amines) is 1. The number of ether oxygens (including phenoxy) is 1. The van der Waals surface area contributed by atoms with Crippen molar-refractivity contribution >= 4 is 18.3 Å². The maximum absolute atomic E-state index is 12.6. The summed E-state index contributed by atoms with van der Waals surface area (Å²) in [6.07, 6.45) is 0. The lowest BCUT2D eigenvalue weighted by Crippen LogP contribution is -2.32. The highest BCUT2D eigenvalue weighted by Crippen LogP contribution is 2.28. The molecule has 1 aromatic carbocycles. The van der Waals surface area contributed by atoms with Crippen molar-refractivity contribution in [3.05, 3.63) is 35.4 Å². The molecule has 110 valence electrons. The molecule has 0 radical (unpaired) electrons. The van der Waals surface area contributed by atoms with Crippen LogP contribution in [0, 0.1) is 11.8 Å². The fraction of sp³-hybridized carbons (Fsp3) is 0.533. The summed E-state index contributed by atoms with van der Waals surface area (Å²) in [5, 5.41) is 3.40. The van der Waals surface area contributed by atoms with Crippen molar-refractivity contribution in [2.45, 2.75) is 6.61 Å². The Kier molecular flexibility index (Phi) is 5.02. The second kappa shape index (κ2) is 6.57. The lowest BCUT2D eigenvalue weighted by molar-refractivity contribution is 0.0777. The number of nitrogens with zero attached hydrogens (tertiary/aromatic N) is 1. The summed E-state index contributed by atoms with van der Waals surface area (Å²) in [6.45, 7) is 4.36. The van der Waals surface area contributed by atoms with Gasteiger partial charge in [-0.1, -0.05) is 18.2 Å². The molecule has 2 heterocycles. The van der Waals surface area contributed by atoms with Crippen LogP contribution < -0.4 is 5.32 Å². The maximum atomic E-state index is 12.6. The third-order valence-corrected chi connectivity index (χ3v) is 4.22. The van der Waals surface area contributed by atoms with Crippen LogP contribution in [0.5, 0.6) is 0 Å². The Morgan fingerprint density at radius 3 is 2.60 bits per heavy atom. The Morgan fingerprint density at radius 2 is 1.95 bits per heavy atom. The van der Waals surface area contributed by atoms with Crippen LogP contribution in [0.25, 0.3) is 0 Å². The quantitative estimate of drug-likeness (QED) is 0.920. The molecule has 2 aliphatic rings. The number of benzene rings is 1. The third kappa shape index (κ3) is 2.82. The maximum Gasteiger partial charge on any atom is 0.254 e. The van der Waals surface area contributed by atoms with Crippen molar-refractivity contribution in [2.24, 2.45) is 11.8 Å². The minimum atomic E-state index is 0. The van der Waals surface area contributed by atoms with Crippen LogP contribution in [0.1, 0.15) is 15.9 Å². The van der Waals surface area contributed by atoms with E-state index in [9.17, 15) is 4.79 Å². The Labute approximate surface area is 125 Å². The van der Waals surface area contributed by atoms with Gasteiger partial charge >= 0.3 is 0 Å². The van der Waals surface area contributed by atoms with Gasteiger partial charge in [-0.2, -0.15) is 0 Å². The molecular formula is C15H21ClN2O2. The smallest absolute Gasteiger partial charge is 0.254 e. The molecule has 2 aliphatic heterocycles. The fourth-order valence-corrected chi connectivity index (χ4v) is 3.20. The van der Waals surface area contributed by atoms with E-state index in [2.05, 4.69) is 5.32 Å². The largest absolute Gasteiger partial charge is 0.380 e. The standard InChI is InChI=1S/C15H20N2O2.ClH/c1-19-10-11-4-2-3-5-14(11)15(18)17-8-12-6-16-7-13(12)9-17;/h2-5,12-13,16H,6-10H2,1H3;1H/t12-,13+;. The predicted octanol–water partition coefficient (Wildman–Crippen LogP) is 1.55. The summed E-state index contributed by atoms with van der Waals surface area (Å²) in [5.41, 5.74) is 1.77. The molecule has 2 saturated heterocycles.